The highest BCUT2D eigenvalue weighted by Crippen LogP contribution is 2.36. The average Bonchev–Trinajstić information content (AvgIpc) is 3.45. The fraction of sp³-hybridized carbons (Fsp3) is 0.440. The van der Waals surface area contributed by atoms with E-state index in [0.717, 1.165) is 30.2 Å². The first-order chi connectivity index (χ1) is 15.9. The van der Waals surface area contributed by atoms with Crippen LogP contribution >= 0.6 is 11.6 Å². The van der Waals surface area contributed by atoms with Crippen LogP contribution in [0.2, 0.25) is 5.02 Å². The van der Waals surface area contributed by atoms with Crippen molar-refractivity contribution >= 4 is 34.8 Å². The van der Waals surface area contributed by atoms with Gasteiger partial charge in [0.25, 0.3) is 0 Å². The molecule has 2 aromatic carbocycles. The summed E-state index contributed by atoms with van der Waals surface area (Å²) in [5.41, 5.74) is 2.97. The number of ether oxygens (including phenoxy) is 2. The quantitative estimate of drug-likeness (QED) is 0.667. The summed E-state index contributed by atoms with van der Waals surface area (Å²) in [7, 11) is 3.14. The van der Waals surface area contributed by atoms with Gasteiger partial charge in [-0.05, 0) is 49.1 Å². The largest absolute Gasteiger partial charge is 0.497 e. The normalized spacial score (nSPS) is 20.3. The van der Waals surface area contributed by atoms with Crippen molar-refractivity contribution in [2.45, 2.75) is 19.8 Å². The lowest BCUT2D eigenvalue weighted by Gasteiger charge is -2.22. The molecule has 7 nitrogen and oxygen atoms in total. The zero-order valence-electron chi connectivity index (χ0n) is 19.3. The summed E-state index contributed by atoms with van der Waals surface area (Å²) in [6, 6.07) is 11.3. The molecule has 0 spiro atoms. The number of halogens is 1. The Bertz CT molecular complexity index is 1040. The maximum atomic E-state index is 12.9. The number of anilines is 2. The van der Waals surface area contributed by atoms with Crippen LogP contribution in [0.15, 0.2) is 36.4 Å². The Morgan fingerprint density at radius 1 is 1.12 bits per heavy atom. The first kappa shape index (κ1) is 23.2. The number of amides is 2. The molecule has 2 unspecified atom stereocenters. The van der Waals surface area contributed by atoms with E-state index < -0.39 is 0 Å². The van der Waals surface area contributed by atoms with E-state index in [1.54, 1.807) is 37.3 Å². The van der Waals surface area contributed by atoms with E-state index in [2.05, 4.69) is 17.1 Å². The smallest absolute Gasteiger partial charge is 0.227 e. The second kappa shape index (κ2) is 9.91. The number of carbonyl (C=O) groups is 2. The molecule has 2 aromatic rings. The first-order valence-electron chi connectivity index (χ1n) is 11.2. The molecule has 2 fully saturated rings. The van der Waals surface area contributed by atoms with Crippen LogP contribution < -0.4 is 24.6 Å². The van der Waals surface area contributed by atoms with Crippen LogP contribution in [-0.2, 0) is 9.59 Å². The second-order valence-corrected chi connectivity index (χ2v) is 9.16. The third-order valence-electron chi connectivity index (χ3n) is 6.54. The van der Waals surface area contributed by atoms with E-state index in [4.69, 9.17) is 21.1 Å². The Hall–Kier alpha value is -2.93. The molecule has 0 aromatic heterocycles. The van der Waals surface area contributed by atoms with Crippen molar-refractivity contribution in [3.05, 3.63) is 47.0 Å². The molecule has 0 radical (unpaired) electrons. The standard InChI is InChI=1S/C25H30ClN3O4/c1-16-4-5-19(26)11-21(16)28-9-8-17(14-28)13-27-25(31)18-10-24(30)29(15-18)22-12-20(32-2)6-7-23(22)33-3/h4-7,11-12,17-18H,8-10,13-15H2,1-3H3,(H,27,31). The molecule has 176 valence electrons. The molecule has 0 bridgehead atoms. The van der Waals surface area contributed by atoms with Gasteiger partial charge in [0.1, 0.15) is 11.5 Å². The third kappa shape index (κ3) is 5.03. The Morgan fingerprint density at radius 3 is 2.70 bits per heavy atom. The predicted octanol–water partition coefficient (Wildman–Crippen LogP) is 3.66. The number of benzene rings is 2. The molecule has 8 heteroatoms. The summed E-state index contributed by atoms with van der Waals surface area (Å²) in [4.78, 5) is 29.5. The SMILES string of the molecule is COc1ccc(OC)c(N2CC(C(=O)NCC3CCN(c4cc(Cl)ccc4C)C3)CC2=O)c1. The highest BCUT2D eigenvalue weighted by molar-refractivity contribution is 6.30. The summed E-state index contributed by atoms with van der Waals surface area (Å²) in [5, 5.41) is 3.81. The Balaban J connectivity index is 1.34. The molecule has 2 amide bonds. The van der Waals surface area contributed by atoms with Crippen molar-refractivity contribution in [1.82, 2.24) is 5.32 Å². The number of aryl methyl sites for hydroxylation is 1. The molecule has 0 saturated carbocycles. The molecule has 2 aliphatic rings. The van der Waals surface area contributed by atoms with E-state index in [0.29, 0.717) is 36.2 Å². The van der Waals surface area contributed by atoms with E-state index in [-0.39, 0.29) is 24.2 Å². The number of carbonyl (C=O) groups excluding carboxylic acids is 2. The van der Waals surface area contributed by atoms with Crippen LogP contribution in [0.5, 0.6) is 11.5 Å². The lowest BCUT2D eigenvalue weighted by atomic mass is 10.1. The third-order valence-corrected chi connectivity index (χ3v) is 6.77. The van der Waals surface area contributed by atoms with Gasteiger partial charge in [-0.3, -0.25) is 9.59 Å². The highest BCUT2D eigenvalue weighted by atomic mass is 35.5. The number of rotatable bonds is 7. The average molecular weight is 472 g/mol. The Kier molecular flexibility index (Phi) is 6.98. The fourth-order valence-corrected chi connectivity index (χ4v) is 4.82. The van der Waals surface area contributed by atoms with Crippen molar-refractivity contribution in [2.24, 2.45) is 11.8 Å². The minimum absolute atomic E-state index is 0.0786. The van der Waals surface area contributed by atoms with Crippen molar-refractivity contribution in [3.8, 4) is 11.5 Å². The van der Waals surface area contributed by atoms with Gasteiger partial charge in [0.2, 0.25) is 11.8 Å². The molecule has 2 aliphatic heterocycles. The van der Waals surface area contributed by atoms with Crippen LogP contribution in [0.3, 0.4) is 0 Å². The fourth-order valence-electron chi connectivity index (χ4n) is 4.65. The summed E-state index contributed by atoms with van der Waals surface area (Å²) in [5.74, 6) is 1.01. The lowest BCUT2D eigenvalue weighted by molar-refractivity contribution is -0.126. The second-order valence-electron chi connectivity index (χ2n) is 8.72. The van der Waals surface area contributed by atoms with Gasteiger partial charge in [-0.15, -0.1) is 0 Å². The predicted molar refractivity (Wildman–Crippen MR) is 130 cm³/mol. The van der Waals surface area contributed by atoms with Gasteiger partial charge in [-0.2, -0.15) is 0 Å². The van der Waals surface area contributed by atoms with Crippen molar-refractivity contribution in [2.75, 3.05) is 50.2 Å². The molecule has 2 heterocycles. The van der Waals surface area contributed by atoms with Gasteiger partial charge >= 0.3 is 0 Å². The number of nitrogens with one attached hydrogen (secondary N) is 1. The van der Waals surface area contributed by atoms with Gasteiger partial charge < -0.3 is 24.6 Å². The van der Waals surface area contributed by atoms with Crippen molar-refractivity contribution in [1.29, 1.82) is 0 Å². The summed E-state index contributed by atoms with van der Waals surface area (Å²) < 4.78 is 10.7. The van der Waals surface area contributed by atoms with E-state index in [9.17, 15) is 9.59 Å². The van der Waals surface area contributed by atoms with Gasteiger partial charge in [-0.25, -0.2) is 0 Å². The van der Waals surface area contributed by atoms with Crippen LogP contribution in [-0.4, -0.2) is 52.2 Å². The molecule has 33 heavy (non-hydrogen) atoms. The lowest BCUT2D eigenvalue weighted by Crippen LogP contribution is -2.36. The summed E-state index contributed by atoms with van der Waals surface area (Å²) >= 11 is 6.18. The minimum atomic E-state index is -0.388. The molecular formula is C25H30ClN3O4. The van der Waals surface area contributed by atoms with Crippen LogP contribution in [0.4, 0.5) is 11.4 Å². The number of nitrogens with zero attached hydrogens (tertiary/aromatic N) is 2. The molecule has 2 atom stereocenters. The summed E-state index contributed by atoms with van der Waals surface area (Å²) in [6.07, 6.45) is 1.19. The molecule has 1 N–H and O–H groups in total. The van der Waals surface area contributed by atoms with E-state index in [1.165, 1.54) is 5.56 Å². The number of methoxy groups -OCH3 is 2. The topological polar surface area (TPSA) is 71.1 Å². The Labute approximate surface area is 199 Å². The minimum Gasteiger partial charge on any atom is -0.497 e. The van der Waals surface area contributed by atoms with Crippen LogP contribution in [0.1, 0.15) is 18.4 Å². The molecule has 2 saturated heterocycles. The first-order valence-corrected chi connectivity index (χ1v) is 11.6. The van der Waals surface area contributed by atoms with Crippen molar-refractivity contribution in [3.63, 3.8) is 0 Å². The number of hydrogen-bond acceptors (Lipinski definition) is 5. The maximum Gasteiger partial charge on any atom is 0.227 e. The van der Waals surface area contributed by atoms with Gasteiger partial charge in [0, 0.05) is 49.4 Å². The zero-order chi connectivity index (χ0) is 23.5. The van der Waals surface area contributed by atoms with E-state index in [1.807, 2.05) is 18.2 Å². The maximum absolute atomic E-state index is 12.9. The Morgan fingerprint density at radius 2 is 1.94 bits per heavy atom. The zero-order valence-corrected chi connectivity index (χ0v) is 20.0. The monoisotopic (exact) mass is 471 g/mol. The van der Waals surface area contributed by atoms with Crippen LogP contribution in [0, 0.1) is 18.8 Å². The highest BCUT2D eigenvalue weighted by Gasteiger charge is 2.37. The molecule has 4 rings (SSSR count). The van der Waals surface area contributed by atoms with Gasteiger partial charge in [-0.1, -0.05) is 17.7 Å². The van der Waals surface area contributed by atoms with Crippen LogP contribution in [0.25, 0.3) is 0 Å². The van der Waals surface area contributed by atoms with Gasteiger partial charge in [0.15, 0.2) is 0 Å². The van der Waals surface area contributed by atoms with Crippen molar-refractivity contribution < 1.29 is 19.1 Å². The van der Waals surface area contributed by atoms with Gasteiger partial charge in [0.05, 0.1) is 25.8 Å². The van der Waals surface area contributed by atoms with E-state index >= 15 is 0 Å². The molecular weight excluding hydrogens is 442 g/mol. The number of hydrogen-bond donors (Lipinski definition) is 1. The molecule has 0 aliphatic carbocycles. The summed E-state index contributed by atoms with van der Waals surface area (Å²) in [6.45, 7) is 4.82.